The second-order valence-corrected chi connectivity index (χ2v) is 6.36. The van der Waals surface area contributed by atoms with Crippen molar-refractivity contribution in [2.45, 2.75) is 90.4 Å². The molecule has 1 saturated heterocycles. The third-order valence-corrected chi connectivity index (χ3v) is 4.93. The fourth-order valence-electron chi connectivity index (χ4n) is 3.79. The van der Waals surface area contributed by atoms with Gasteiger partial charge >= 0.3 is 0 Å². The lowest BCUT2D eigenvalue weighted by molar-refractivity contribution is -0.133. The van der Waals surface area contributed by atoms with Gasteiger partial charge in [-0.3, -0.25) is 10.1 Å². The molecule has 0 aromatic heterocycles. The molecule has 1 N–H and O–H groups in total. The number of nitrogens with one attached hydrogen (secondary N) is 1. The number of hydrogen-bond donors (Lipinski definition) is 1. The van der Waals surface area contributed by atoms with Crippen LogP contribution in [0.25, 0.3) is 0 Å². The maximum atomic E-state index is 12.6. The molecule has 1 amide bonds. The SMILES string of the molecule is CCCC1NC(CC)C(=O)N1C1CCCCCC1C. The van der Waals surface area contributed by atoms with Crippen molar-refractivity contribution in [2.75, 3.05) is 0 Å². The van der Waals surface area contributed by atoms with Crippen LogP contribution >= 0.6 is 0 Å². The lowest BCUT2D eigenvalue weighted by Crippen LogP contribution is -2.47. The van der Waals surface area contributed by atoms with Crippen LogP contribution < -0.4 is 5.32 Å². The Labute approximate surface area is 118 Å². The Morgan fingerprint density at radius 3 is 2.63 bits per heavy atom. The van der Waals surface area contributed by atoms with E-state index in [-0.39, 0.29) is 12.2 Å². The maximum absolute atomic E-state index is 12.6. The molecule has 1 heterocycles. The molecule has 0 aromatic rings. The van der Waals surface area contributed by atoms with Crippen LogP contribution in [0.1, 0.15) is 72.1 Å². The molecule has 1 aliphatic heterocycles. The van der Waals surface area contributed by atoms with Gasteiger partial charge in [-0.1, -0.05) is 46.5 Å². The van der Waals surface area contributed by atoms with Crippen LogP contribution in [0.3, 0.4) is 0 Å². The average molecular weight is 266 g/mol. The summed E-state index contributed by atoms with van der Waals surface area (Å²) in [4.78, 5) is 14.9. The van der Waals surface area contributed by atoms with Gasteiger partial charge in [-0.15, -0.1) is 0 Å². The molecule has 2 aliphatic rings. The maximum Gasteiger partial charge on any atom is 0.241 e. The fourth-order valence-corrected chi connectivity index (χ4v) is 3.79. The van der Waals surface area contributed by atoms with Crippen molar-refractivity contribution >= 4 is 5.91 Å². The molecule has 0 radical (unpaired) electrons. The second kappa shape index (κ2) is 6.74. The first-order valence-electron chi connectivity index (χ1n) is 8.27. The van der Waals surface area contributed by atoms with Gasteiger partial charge in [0.25, 0.3) is 0 Å². The summed E-state index contributed by atoms with van der Waals surface area (Å²) >= 11 is 0. The monoisotopic (exact) mass is 266 g/mol. The smallest absolute Gasteiger partial charge is 0.241 e. The van der Waals surface area contributed by atoms with E-state index >= 15 is 0 Å². The summed E-state index contributed by atoms with van der Waals surface area (Å²) in [5, 5.41) is 3.56. The van der Waals surface area contributed by atoms with Gasteiger partial charge < -0.3 is 4.90 Å². The summed E-state index contributed by atoms with van der Waals surface area (Å²) in [6, 6.07) is 0.530. The van der Waals surface area contributed by atoms with Gasteiger partial charge in [0, 0.05) is 6.04 Å². The highest BCUT2D eigenvalue weighted by Gasteiger charge is 2.42. The lowest BCUT2D eigenvalue weighted by atomic mass is 9.94. The summed E-state index contributed by atoms with van der Waals surface area (Å²) in [6.07, 6.45) is 9.87. The topological polar surface area (TPSA) is 32.3 Å². The second-order valence-electron chi connectivity index (χ2n) is 6.36. The fraction of sp³-hybridized carbons (Fsp3) is 0.938. The Morgan fingerprint density at radius 2 is 1.95 bits per heavy atom. The van der Waals surface area contributed by atoms with Crippen LogP contribution in [-0.4, -0.2) is 29.1 Å². The molecule has 4 unspecified atom stereocenters. The third-order valence-electron chi connectivity index (χ3n) is 4.93. The van der Waals surface area contributed by atoms with Crippen molar-refractivity contribution < 1.29 is 4.79 Å². The predicted molar refractivity (Wildman–Crippen MR) is 78.8 cm³/mol. The predicted octanol–water partition coefficient (Wildman–Crippen LogP) is 3.29. The van der Waals surface area contributed by atoms with Gasteiger partial charge in [0.15, 0.2) is 0 Å². The molecule has 2 rings (SSSR count). The van der Waals surface area contributed by atoms with Gasteiger partial charge in [0.1, 0.15) is 0 Å². The molecule has 3 nitrogen and oxygen atoms in total. The van der Waals surface area contributed by atoms with E-state index in [9.17, 15) is 4.79 Å². The zero-order valence-electron chi connectivity index (χ0n) is 12.8. The molecule has 0 spiro atoms. The molecular weight excluding hydrogens is 236 g/mol. The van der Waals surface area contributed by atoms with Gasteiger partial charge in [-0.05, 0) is 31.6 Å². The Balaban J connectivity index is 2.15. The Hall–Kier alpha value is -0.570. The number of carbonyl (C=O) groups is 1. The minimum atomic E-state index is 0.0620. The van der Waals surface area contributed by atoms with Crippen LogP contribution in [0.4, 0.5) is 0 Å². The van der Waals surface area contributed by atoms with Gasteiger partial charge in [0.2, 0.25) is 5.91 Å². The molecule has 19 heavy (non-hydrogen) atoms. The lowest BCUT2D eigenvalue weighted by Gasteiger charge is -2.35. The number of rotatable bonds is 4. The summed E-state index contributed by atoms with van der Waals surface area (Å²) in [5.74, 6) is 1.02. The molecule has 2 fully saturated rings. The first-order chi connectivity index (χ1) is 9.19. The molecule has 1 saturated carbocycles. The number of carbonyl (C=O) groups excluding carboxylic acids is 1. The molecule has 3 heteroatoms. The standard InChI is InChI=1S/C16H30N2O/c1-4-9-15-17-13(5-2)16(19)18(15)14-11-8-6-7-10-12(14)3/h12-15,17H,4-11H2,1-3H3. The molecule has 1 aliphatic carbocycles. The minimum absolute atomic E-state index is 0.0620. The van der Waals surface area contributed by atoms with Crippen LogP contribution in [-0.2, 0) is 4.79 Å². The highest BCUT2D eigenvalue weighted by Crippen LogP contribution is 2.31. The number of nitrogens with zero attached hydrogens (tertiary/aromatic N) is 1. The summed E-state index contributed by atoms with van der Waals surface area (Å²) in [7, 11) is 0. The van der Waals surface area contributed by atoms with Crippen molar-refractivity contribution in [1.29, 1.82) is 0 Å². The molecule has 4 atom stereocenters. The van der Waals surface area contributed by atoms with Crippen molar-refractivity contribution in [3.8, 4) is 0 Å². The van der Waals surface area contributed by atoms with E-state index < -0.39 is 0 Å². The van der Waals surface area contributed by atoms with Crippen molar-refractivity contribution in [3.63, 3.8) is 0 Å². The largest absolute Gasteiger partial charge is 0.323 e. The first-order valence-corrected chi connectivity index (χ1v) is 8.27. The Morgan fingerprint density at radius 1 is 1.21 bits per heavy atom. The quantitative estimate of drug-likeness (QED) is 0.792. The van der Waals surface area contributed by atoms with E-state index in [0.717, 1.165) is 19.3 Å². The highest BCUT2D eigenvalue weighted by molar-refractivity contribution is 5.84. The Kier molecular flexibility index (Phi) is 5.26. The van der Waals surface area contributed by atoms with Crippen molar-refractivity contribution in [2.24, 2.45) is 5.92 Å². The van der Waals surface area contributed by atoms with E-state index in [2.05, 4.69) is 31.0 Å². The first kappa shape index (κ1) is 14.8. The van der Waals surface area contributed by atoms with Gasteiger partial charge in [-0.25, -0.2) is 0 Å². The van der Waals surface area contributed by atoms with E-state index in [1.54, 1.807) is 0 Å². The van der Waals surface area contributed by atoms with Crippen LogP contribution in [0.5, 0.6) is 0 Å². The number of amides is 1. The highest BCUT2D eigenvalue weighted by atomic mass is 16.2. The molecule has 0 aromatic carbocycles. The molecular formula is C16H30N2O. The molecule has 0 bridgehead atoms. The minimum Gasteiger partial charge on any atom is -0.323 e. The van der Waals surface area contributed by atoms with Crippen LogP contribution in [0.15, 0.2) is 0 Å². The average Bonchev–Trinajstić information content (AvgIpc) is 2.57. The van der Waals surface area contributed by atoms with Gasteiger partial charge in [-0.2, -0.15) is 0 Å². The van der Waals surface area contributed by atoms with E-state index in [1.165, 1.54) is 32.1 Å². The normalized spacial score (nSPS) is 36.6. The van der Waals surface area contributed by atoms with Crippen molar-refractivity contribution in [3.05, 3.63) is 0 Å². The number of hydrogen-bond acceptors (Lipinski definition) is 2. The van der Waals surface area contributed by atoms with Gasteiger partial charge in [0.05, 0.1) is 12.2 Å². The summed E-state index contributed by atoms with van der Waals surface area (Å²) < 4.78 is 0. The summed E-state index contributed by atoms with van der Waals surface area (Å²) in [6.45, 7) is 6.66. The summed E-state index contributed by atoms with van der Waals surface area (Å²) in [5.41, 5.74) is 0. The molecule has 110 valence electrons. The van der Waals surface area contributed by atoms with E-state index in [1.807, 2.05) is 0 Å². The van der Waals surface area contributed by atoms with E-state index in [4.69, 9.17) is 0 Å². The Bertz CT molecular complexity index is 305. The third kappa shape index (κ3) is 3.13. The van der Waals surface area contributed by atoms with E-state index in [0.29, 0.717) is 17.9 Å². The zero-order valence-corrected chi connectivity index (χ0v) is 12.8. The zero-order chi connectivity index (χ0) is 13.8. The van der Waals surface area contributed by atoms with Crippen molar-refractivity contribution in [1.82, 2.24) is 10.2 Å². The van der Waals surface area contributed by atoms with Crippen LogP contribution in [0, 0.1) is 5.92 Å². The van der Waals surface area contributed by atoms with Crippen LogP contribution in [0.2, 0.25) is 0 Å².